The zero-order chi connectivity index (χ0) is 12.8. The van der Waals surface area contributed by atoms with Crippen molar-refractivity contribution in [3.05, 3.63) is 31.8 Å². The van der Waals surface area contributed by atoms with E-state index in [0.717, 1.165) is 14.6 Å². The molecule has 0 radical (unpaired) electrons. The molecule has 0 fully saturated rings. The second kappa shape index (κ2) is 7.33. The van der Waals surface area contributed by atoms with Crippen LogP contribution in [0.25, 0.3) is 0 Å². The number of hydrogen-bond acceptors (Lipinski definition) is 2. The van der Waals surface area contributed by atoms with Crippen LogP contribution in [0.5, 0.6) is 0 Å². The van der Waals surface area contributed by atoms with Gasteiger partial charge in [0.25, 0.3) is 5.91 Å². The lowest BCUT2D eigenvalue weighted by Crippen LogP contribution is -2.32. The number of benzene rings is 1. The Morgan fingerprint density at radius 3 is 2.82 bits per heavy atom. The van der Waals surface area contributed by atoms with Crippen molar-refractivity contribution in [2.24, 2.45) is 5.92 Å². The van der Waals surface area contributed by atoms with Crippen LogP contribution in [0.15, 0.2) is 22.7 Å². The first kappa shape index (κ1) is 14.9. The van der Waals surface area contributed by atoms with E-state index in [1.54, 1.807) is 0 Å². The van der Waals surface area contributed by atoms with Gasteiger partial charge in [-0.1, -0.05) is 6.92 Å². The van der Waals surface area contributed by atoms with E-state index in [-0.39, 0.29) is 5.91 Å². The van der Waals surface area contributed by atoms with Crippen molar-refractivity contribution in [1.29, 1.82) is 0 Å². The van der Waals surface area contributed by atoms with Gasteiger partial charge in [-0.05, 0) is 76.2 Å². The van der Waals surface area contributed by atoms with Crippen LogP contribution in [0.3, 0.4) is 0 Å². The molecule has 0 aliphatic heterocycles. The first-order chi connectivity index (χ1) is 8.04. The fourth-order valence-electron chi connectivity index (χ4n) is 1.45. The van der Waals surface area contributed by atoms with Crippen molar-refractivity contribution in [3.8, 4) is 0 Å². The zero-order valence-electron chi connectivity index (χ0n) is 9.89. The molecule has 1 rings (SSSR count). The molecule has 0 aromatic heterocycles. The minimum Gasteiger partial charge on any atom is -0.352 e. The summed E-state index contributed by atoms with van der Waals surface area (Å²) in [4.78, 5) is 12.0. The van der Waals surface area contributed by atoms with Gasteiger partial charge in [0.15, 0.2) is 0 Å². The van der Waals surface area contributed by atoms with Crippen LogP contribution in [0.2, 0.25) is 0 Å². The predicted molar refractivity (Wildman–Crippen MR) is 82.3 cm³/mol. The second-order valence-electron chi connectivity index (χ2n) is 4.00. The molecule has 0 aliphatic carbocycles. The quantitative estimate of drug-likeness (QED) is 0.732. The standard InChI is InChI=1S/C12H16BrIN2O/c1-8(6-15-2)7-16-12(17)10-5-9(14)3-4-11(10)13/h3-5,8,15H,6-7H2,1-2H3,(H,16,17). The lowest BCUT2D eigenvalue weighted by molar-refractivity contribution is 0.0947. The molecule has 17 heavy (non-hydrogen) atoms. The molecule has 94 valence electrons. The highest BCUT2D eigenvalue weighted by atomic mass is 127. The summed E-state index contributed by atoms with van der Waals surface area (Å²) in [5.41, 5.74) is 0.688. The van der Waals surface area contributed by atoms with E-state index in [4.69, 9.17) is 0 Å². The van der Waals surface area contributed by atoms with E-state index in [9.17, 15) is 4.79 Å². The van der Waals surface area contributed by atoms with Crippen LogP contribution in [-0.2, 0) is 0 Å². The van der Waals surface area contributed by atoms with Gasteiger partial charge in [-0.2, -0.15) is 0 Å². The van der Waals surface area contributed by atoms with Gasteiger partial charge in [-0.3, -0.25) is 4.79 Å². The number of carbonyl (C=O) groups is 1. The van der Waals surface area contributed by atoms with Crippen LogP contribution in [0, 0.1) is 9.49 Å². The molecule has 0 heterocycles. The number of nitrogens with one attached hydrogen (secondary N) is 2. The van der Waals surface area contributed by atoms with Crippen LogP contribution in [0.4, 0.5) is 0 Å². The fourth-order valence-corrected chi connectivity index (χ4v) is 2.37. The second-order valence-corrected chi connectivity index (χ2v) is 6.10. The lowest BCUT2D eigenvalue weighted by atomic mass is 10.1. The molecule has 2 N–H and O–H groups in total. The third-order valence-corrected chi connectivity index (χ3v) is 3.70. The molecule has 1 aromatic rings. The van der Waals surface area contributed by atoms with Crippen LogP contribution >= 0.6 is 38.5 Å². The van der Waals surface area contributed by atoms with Crippen molar-refractivity contribution >= 4 is 44.4 Å². The summed E-state index contributed by atoms with van der Waals surface area (Å²) in [6, 6.07) is 5.74. The van der Waals surface area contributed by atoms with Gasteiger partial charge >= 0.3 is 0 Å². The molecule has 3 nitrogen and oxygen atoms in total. The maximum absolute atomic E-state index is 12.0. The predicted octanol–water partition coefficient (Wildman–Crippen LogP) is 2.64. The van der Waals surface area contributed by atoms with Crippen LogP contribution in [-0.4, -0.2) is 26.0 Å². The van der Waals surface area contributed by atoms with Gasteiger partial charge in [0.1, 0.15) is 0 Å². The number of hydrogen-bond donors (Lipinski definition) is 2. The Morgan fingerprint density at radius 2 is 2.18 bits per heavy atom. The number of halogens is 2. The summed E-state index contributed by atoms with van der Waals surface area (Å²) < 4.78 is 1.89. The molecule has 1 aromatic carbocycles. The molecule has 1 amide bonds. The Labute approximate surface area is 124 Å². The number of carbonyl (C=O) groups excluding carboxylic acids is 1. The number of amides is 1. The average Bonchev–Trinajstić information content (AvgIpc) is 2.29. The molecule has 0 bridgehead atoms. The smallest absolute Gasteiger partial charge is 0.252 e. The maximum Gasteiger partial charge on any atom is 0.252 e. The SMILES string of the molecule is CNCC(C)CNC(=O)c1cc(I)ccc1Br. The summed E-state index contributed by atoms with van der Waals surface area (Å²) in [6.45, 7) is 3.67. The Bertz CT molecular complexity index is 398. The van der Waals surface area contributed by atoms with E-state index >= 15 is 0 Å². The molecule has 0 saturated carbocycles. The molecule has 1 atom stereocenters. The van der Waals surface area contributed by atoms with Crippen LogP contribution in [0.1, 0.15) is 17.3 Å². The van der Waals surface area contributed by atoms with Gasteiger partial charge in [0, 0.05) is 14.6 Å². The summed E-state index contributed by atoms with van der Waals surface area (Å²) in [7, 11) is 1.91. The van der Waals surface area contributed by atoms with Gasteiger partial charge < -0.3 is 10.6 Å². The molecule has 0 aliphatic rings. The highest BCUT2D eigenvalue weighted by Crippen LogP contribution is 2.19. The highest BCUT2D eigenvalue weighted by molar-refractivity contribution is 14.1. The molecule has 0 spiro atoms. The Kier molecular flexibility index (Phi) is 6.43. The third-order valence-electron chi connectivity index (χ3n) is 2.34. The fraction of sp³-hybridized carbons (Fsp3) is 0.417. The van der Waals surface area contributed by atoms with Gasteiger partial charge in [0.2, 0.25) is 0 Å². The summed E-state index contributed by atoms with van der Waals surface area (Å²) in [5.74, 6) is 0.392. The van der Waals surface area contributed by atoms with E-state index in [1.807, 2.05) is 25.2 Å². The van der Waals surface area contributed by atoms with E-state index < -0.39 is 0 Å². The maximum atomic E-state index is 12.0. The van der Waals surface area contributed by atoms with Crippen molar-refractivity contribution < 1.29 is 4.79 Å². The van der Waals surface area contributed by atoms with Gasteiger partial charge in [-0.25, -0.2) is 0 Å². The molecular formula is C12H16BrIN2O. The van der Waals surface area contributed by atoms with Crippen molar-refractivity contribution in [1.82, 2.24) is 10.6 Å². The summed E-state index contributed by atoms with van der Waals surface area (Å²) in [5, 5.41) is 6.03. The first-order valence-electron chi connectivity index (χ1n) is 5.42. The van der Waals surface area contributed by atoms with Crippen molar-refractivity contribution in [3.63, 3.8) is 0 Å². The number of rotatable bonds is 5. The van der Waals surface area contributed by atoms with Gasteiger partial charge in [0.05, 0.1) is 5.56 Å². The monoisotopic (exact) mass is 410 g/mol. The van der Waals surface area contributed by atoms with Crippen LogP contribution < -0.4 is 10.6 Å². The lowest BCUT2D eigenvalue weighted by Gasteiger charge is -2.12. The van der Waals surface area contributed by atoms with Crippen molar-refractivity contribution in [2.75, 3.05) is 20.1 Å². The zero-order valence-corrected chi connectivity index (χ0v) is 13.6. The van der Waals surface area contributed by atoms with E-state index in [2.05, 4.69) is 56.1 Å². The minimum absolute atomic E-state index is 0.0293. The summed E-state index contributed by atoms with van der Waals surface area (Å²) in [6.07, 6.45) is 0. The molecule has 1 unspecified atom stereocenters. The average molecular weight is 411 g/mol. The topological polar surface area (TPSA) is 41.1 Å². The van der Waals surface area contributed by atoms with Gasteiger partial charge in [-0.15, -0.1) is 0 Å². The Morgan fingerprint density at radius 1 is 1.47 bits per heavy atom. The molecular weight excluding hydrogens is 395 g/mol. The molecule has 0 saturated heterocycles. The van der Waals surface area contributed by atoms with E-state index in [1.165, 1.54) is 0 Å². The molecule has 5 heteroatoms. The normalized spacial score (nSPS) is 12.2. The minimum atomic E-state index is -0.0293. The Balaban J connectivity index is 2.61. The Hall–Kier alpha value is -0.140. The largest absolute Gasteiger partial charge is 0.352 e. The highest BCUT2D eigenvalue weighted by Gasteiger charge is 2.11. The third kappa shape index (κ3) is 4.93. The van der Waals surface area contributed by atoms with E-state index in [0.29, 0.717) is 18.0 Å². The first-order valence-corrected chi connectivity index (χ1v) is 7.29. The van der Waals surface area contributed by atoms with Crippen molar-refractivity contribution in [2.45, 2.75) is 6.92 Å². The summed E-state index contributed by atoms with van der Waals surface area (Å²) >= 11 is 5.59.